The van der Waals surface area contributed by atoms with Gasteiger partial charge in [-0.1, -0.05) is 60.5 Å². The molecule has 3 aliphatic rings. The maximum Gasteiger partial charge on any atom is 0.407 e. The lowest BCUT2D eigenvalue weighted by molar-refractivity contribution is -0.134. The van der Waals surface area contributed by atoms with Gasteiger partial charge in [-0.25, -0.2) is 19.2 Å². The Morgan fingerprint density at radius 1 is 0.983 bits per heavy atom. The van der Waals surface area contributed by atoms with Gasteiger partial charge in [0.25, 0.3) is 0 Å². The van der Waals surface area contributed by atoms with Crippen LogP contribution in [-0.4, -0.2) is 67.1 Å². The Balaban J connectivity index is 1.06. The Bertz CT molecular complexity index is 2330. The predicted octanol–water partition coefficient (Wildman–Crippen LogP) is 9.47. The third-order valence-electron chi connectivity index (χ3n) is 13.3. The normalized spacial score (nSPS) is 22.6. The molecule has 12 nitrogen and oxygen atoms in total. The van der Waals surface area contributed by atoms with Crippen LogP contribution in [0.25, 0.3) is 44.7 Å². The van der Waals surface area contributed by atoms with Crippen molar-refractivity contribution < 1.29 is 23.5 Å². The van der Waals surface area contributed by atoms with Gasteiger partial charge in [-0.15, -0.1) is 0 Å². The molecular formula is C46H59FN8O4. The Morgan fingerprint density at radius 2 is 1.73 bits per heavy atom. The van der Waals surface area contributed by atoms with Crippen molar-refractivity contribution in [3.8, 4) is 39.5 Å². The van der Waals surface area contributed by atoms with E-state index in [1.807, 2.05) is 31.0 Å². The van der Waals surface area contributed by atoms with Crippen LogP contribution in [0.3, 0.4) is 0 Å². The second-order valence-corrected chi connectivity index (χ2v) is 17.7. The molecule has 314 valence electrons. The Kier molecular flexibility index (Phi) is 11.3. The number of alkyl carbamates (subject to hydrolysis) is 1. The zero-order valence-electron chi connectivity index (χ0n) is 35.3. The van der Waals surface area contributed by atoms with E-state index in [0.29, 0.717) is 53.2 Å². The average Bonchev–Trinajstić information content (AvgIpc) is 4.06. The summed E-state index contributed by atoms with van der Waals surface area (Å²) in [7, 11) is 1.41. The molecule has 5 heterocycles. The van der Waals surface area contributed by atoms with Gasteiger partial charge in [0.05, 0.1) is 59.7 Å². The van der Waals surface area contributed by atoms with Crippen LogP contribution in [0.2, 0.25) is 0 Å². The van der Waals surface area contributed by atoms with E-state index < -0.39 is 12.1 Å². The number of benzene rings is 2. The molecular weight excluding hydrogens is 748 g/mol. The third kappa shape index (κ3) is 7.62. The number of halogens is 1. The molecule has 8 rings (SSSR count). The molecule has 1 saturated heterocycles. The van der Waals surface area contributed by atoms with Crippen molar-refractivity contribution in [3.05, 3.63) is 66.3 Å². The number of carbonyl (C=O) groups is 2. The van der Waals surface area contributed by atoms with Crippen LogP contribution in [0.15, 0.2) is 48.8 Å². The van der Waals surface area contributed by atoms with E-state index in [4.69, 9.17) is 20.2 Å². The first-order chi connectivity index (χ1) is 28.4. The van der Waals surface area contributed by atoms with Crippen molar-refractivity contribution in [2.45, 2.75) is 117 Å². The van der Waals surface area contributed by atoms with Gasteiger partial charge in [0, 0.05) is 41.4 Å². The summed E-state index contributed by atoms with van der Waals surface area (Å²) in [5.41, 5.74) is 11.6. The van der Waals surface area contributed by atoms with Crippen molar-refractivity contribution in [1.82, 2.24) is 34.7 Å². The highest BCUT2D eigenvalue weighted by molar-refractivity contribution is 5.92. The van der Waals surface area contributed by atoms with Gasteiger partial charge in [-0.3, -0.25) is 4.79 Å². The highest BCUT2D eigenvalue weighted by Gasteiger charge is 2.38. The number of nitrogens with two attached hydrogens (primary N) is 1. The Morgan fingerprint density at radius 3 is 2.46 bits per heavy atom. The number of ether oxygens (including phenoxy) is 2. The first-order valence-corrected chi connectivity index (χ1v) is 21.5. The molecule has 7 unspecified atom stereocenters. The number of hydrogen-bond donors (Lipinski definition) is 4. The second-order valence-electron chi connectivity index (χ2n) is 17.7. The van der Waals surface area contributed by atoms with Gasteiger partial charge < -0.3 is 40.0 Å². The summed E-state index contributed by atoms with van der Waals surface area (Å²) in [6.07, 6.45) is 9.43. The van der Waals surface area contributed by atoms with Crippen LogP contribution in [0.4, 0.5) is 9.18 Å². The van der Waals surface area contributed by atoms with Gasteiger partial charge in [0.1, 0.15) is 23.2 Å². The first kappa shape index (κ1) is 40.6. The number of nitrogens with one attached hydrogen (secondary N) is 3. The molecule has 7 atom stereocenters. The van der Waals surface area contributed by atoms with Crippen LogP contribution in [0.5, 0.6) is 5.75 Å². The zero-order chi connectivity index (χ0) is 41.7. The minimum Gasteiger partial charge on any atom is -0.469 e. The summed E-state index contributed by atoms with van der Waals surface area (Å²) >= 11 is 0. The number of H-pyrrole nitrogens is 2. The summed E-state index contributed by atoms with van der Waals surface area (Å²) in [5.74, 6) is 3.07. The highest BCUT2D eigenvalue weighted by Crippen LogP contribution is 2.47. The molecule has 3 aromatic heterocycles. The fourth-order valence-corrected chi connectivity index (χ4v) is 9.79. The number of fused-ring (bicyclic) bond motifs is 5. The SMILES string of the molecule is CCC1Oc2cc(-c3cnc(C4CCCN4C(=O)C(N)C(C)C)[nH]3)cc(F)c2-c2cc3cc(-c4cnc(C5CCCC(C)C5CC(NC(=O)OC)C(C)C)[nH]4)ccc3n21. The molecule has 2 amide bonds. The number of methoxy groups -OCH3 is 1. The molecule has 2 aromatic carbocycles. The zero-order valence-corrected chi connectivity index (χ0v) is 35.3. The highest BCUT2D eigenvalue weighted by atomic mass is 19.1. The number of nitrogens with zero attached hydrogens (tertiary/aromatic N) is 4. The molecule has 1 aliphatic carbocycles. The molecule has 1 saturated carbocycles. The van der Waals surface area contributed by atoms with Crippen molar-refractivity contribution in [2.75, 3.05) is 13.7 Å². The molecule has 13 heteroatoms. The molecule has 5 N–H and O–H groups in total. The fourth-order valence-electron chi connectivity index (χ4n) is 9.79. The number of rotatable bonds is 11. The van der Waals surface area contributed by atoms with Crippen molar-refractivity contribution in [3.63, 3.8) is 0 Å². The number of amides is 2. The molecule has 0 spiro atoms. The molecule has 0 radical (unpaired) electrons. The summed E-state index contributed by atoms with van der Waals surface area (Å²) in [4.78, 5) is 43.9. The van der Waals surface area contributed by atoms with Crippen LogP contribution in [0, 0.1) is 29.5 Å². The summed E-state index contributed by atoms with van der Waals surface area (Å²) < 4.78 is 30.1. The van der Waals surface area contributed by atoms with E-state index >= 15 is 4.39 Å². The minimum atomic E-state index is -0.569. The Hall–Kier alpha value is -5.17. The number of aromatic amines is 2. The number of hydrogen-bond acceptors (Lipinski definition) is 7. The fraction of sp³-hybridized carbons (Fsp3) is 0.522. The van der Waals surface area contributed by atoms with Gasteiger partial charge in [-0.2, -0.15) is 0 Å². The first-order valence-electron chi connectivity index (χ1n) is 21.5. The number of carbonyl (C=O) groups excluding carboxylic acids is 2. The van der Waals surface area contributed by atoms with Gasteiger partial charge in [0.15, 0.2) is 6.23 Å². The molecule has 5 aromatic rings. The van der Waals surface area contributed by atoms with Gasteiger partial charge >= 0.3 is 6.09 Å². The second kappa shape index (κ2) is 16.5. The monoisotopic (exact) mass is 806 g/mol. The topological polar surface area (TPSA) is 156 Å². The lowest BCUT2D eigenvalue weighted by atomic mass is 9.69. The molecule has 0 bridgehead atoms. The van der Waals surface area contributed by atoms with Crippen LogP contribution >= 0.6 is 0 Å². The largest absolute Gasteiger partial charge is 0.469 e. The van der Waals surface area contributed by atoms with E-state index in [0.717, 1.165) is 72.2 Å². The third-order valence-corrected chi connectivity index (χ3v) is 13.3. The van der Waals surface area contributed by atoms with Crippen molar-refractivity contribution in [2.24, 2.45) is 29.4 Å². The summed E-state index contributed by atoms with van der Waals surface area (Å²) in [6.45, 7) is 13.2. The Labute approximate surface area is 345 Å². The van der Waals surface area contributed by atoms with E-state index in [1.54, 1.807) is 6.20 Å². The maximum atomic E-state index is 16.4. The van der Waals surface area contributed by atoms with E-state index in [2.05, 4.69) is 76.8 Å². The van der Waals surface area contributed by atoms with Crippen LogP contribution in [-0.2, 0) is 9.53 Å². The average molecular weight is 807 g/mol. The molecule has 59 heavy (non-hydrogen) atoms. The van der Waals surface area contributed by atoms with Crippen LogP contribution < -0.4 is 15.8 Å². The number of aromatic nitrogens is 5. The van der Waals surface area contributed by atoms with Gasteiger partial charge in [-0.05, 0) is 79.7 Å². The maximum absolute atomic E-state index is 16.4. The predicted molar refractivity (Wildman–Crippen MR) is 227 cm³/mol. The van der Waals surface area contributed by atoms with E-state index in [-0.39, 0.29) is 47.8 Å². The standard InChI is InChI=1S/C46H59FN8O4/c1-8-40-55-36-15-14-27(34-22-49-43(51-34)30-12-9-11-26(6)31(30)21-33(24(2)3)53-46(57)58-7)17-29(36)19-38(55)41-32(47)18-28(20-39(41)59-40)35-23-50-44(52-35)37-13-10-16-54(37)45(56)42(48)25(4)5/h14-15,17-20,22-26,30-31,33,37,40,42H,8-13,16,21,48H2,1-7H3,(H,49,51)(H,50,52)(H,53,57). The van der Waals surface area contributed by atoms with Crippen molar-refractivity contribution in [1.29, 1.82) is 0 Å². The number of likely N-dealkylation sites (tertiary alicyclic amines) is 1. The number of imidazole rings is 2. The van der Waals surface area contributed by atoms with E-state index in [9.17, 15) is 9.59 Å². The van der Waals surface area contributed by atoms with Crippen molar-refractivity contribution >= 4 is 22.9 Å². The summed E-state index contributed by atoms with van der Waals surface area (Å²) in [6, 6.07) is 11.0. The lowest BCUT2D eigenvalue weighted by Crippen LogP contribution is -2.46. The minimum absolute atomic E-state index is 0.00442. The molecule has 2 aliphatic heterocycles. The lowest BCUT2D eigenvalue weighted by Gasteiger charge is -2.38. The summed E-state index contributed by atoms with van der Waals surface area (Å²) in [5, 5.41) is 4.06. The molecule has 2 fully saturated rings. The van der Waals surface area contributed by atoms with Crippen LogP contribution in [0.1, 0.15) is 116 Å². The van der Waals surface area contributed by atoms with Gasteiger partial charge in [0.2, 0.25) is 5.91 Å². The quantitative estimate of drug-likeness (QED) is 0.104. The smallest absolute Gasteiger partial charge is 0.407 e. The van der Waals surface area contributed by atoms with E-state index in [1.165, 1.54) is 13.2 Å².